The highest BCUT2D eigenvalue weighted by Gasteiger charge is 2.24. The summed E-state index contributed by atoms with van der Waals surface area (Å²) >= 11 is 0. The number of hydrogen-bond donors (Lipinski definition) is 2. The van der Waals surface area contributed by atoms with E-state index >= 15 is 0 Å². The average Bonchev–Trinajstić information content (AvgIpc) is 3.26. The molecule has 0 aliphatic heterocycles. The zero-order valence-corrected chi connectivity index (χ0v) is 16.7. The summed E-state index contributed by atoms with van der Waals surface area (Å²) in [6, 6.07) is 12.7. The third-order valence-corrected chi connectivity index (χ3v) is 4.65. The second-order valence-corrected chi connectivity index (χ2v) is 6.68. The molecular weight excluding hydrogens is 388 g/mol. The molecule has 158 valence electrons. The number of rotatable bonds is 9. The van der Waals surface area contributed by atoms with Gasteiger partial charge in [-0.2, -0.15) is 0 Å². The van der Waals surface area contributed by atoms with Crippen LogP contribution in [0.5, 0.6) is 0 Å². The van der Waals surface area contributed by atoms with Gasteiger partial charge in [0.05, 0.1) is 19.4 Å². The van der Waals surface area contributed by atoms with Gasteiger partial charge in [-0.3, -0.25) is 19.1 Å². The standard InChI is InChI=1S/C21H24N4O5/c1-29-13-11-24(17(26)10-9-16-8-5-12-30-16)18-19(22)25(21(28)23-20(18)27)14-15-6-3-2-4-7-15/h2-8,12H,9-11,13-14,22H2,1H3,(H,23,27,28). The normalized spacial score (nSPS) is 10.8. The van der Waals surface area contributed by atoms with E-state index in [0.717, 1.165) is 5.56 Å². The minimum atomic E-state index is -0.718. The lowest BCUT2D eigenvalue weighted by Gasteiger charge is -2.24. The van der Waals surface area contributed by atoms with Crippen molar-refractivity contribution in [2.45, 2.75) is 19.4 Å². The quantitative estimate of drug-likeness (QED) is 0.547. The zero-order valence-electron chi connectivity index (χ0n) is 16.7. The number of aromatic amines is 1. The number of furan rings is 1. The van der Waals surface area contributed by atoms with Crippen molar-refractivity contribution in [2.75, 3.05) is 30.9 Å². The molecule has 0 fully saturated rings. The number of carbonyl (C=O) groups excluding carboxylic acids is 1. The molecule has 9 heteroatoms. The predicted molar refractivity (Wildman–Crippen MR) is 113 cm³/mol. The van der Waals surface area contributed by atoms with Gasteiger partial charge in [-0.15, -0.1) is 0 Å². The fourth-order valence-corrected chi connectivity index (χ4v) is 3.12. The van der Waals surface area contributed by atoms with E-state index in [2.05, 4.69) is 4.98 Å². The van der Waals surface area contributed by atoms with E-state index < -0.39 is 11.2 Å². The molecule has 3 aromatic rings. The number of amides is 1. The molecule has 0 bridgehead atoms. The topological polar surface area (TPSA) is 124 Å². The zero-order chi connectivity index (χ0) is 21.5. The Bertz CT molecular complexity index is 1090. The van der Waals surface area contributed by atoms with Crippen LogP contribution in [0.4, 0.5) is 11.5 Å². The maximum absolute atomic E-state index is 12.9. The largest absolute Gasteiger partial charge is 0.469 e. The molecular formula is C21H24N4O5. The minimum Gasteiger partial charge on any atom is -0.469 e. The first-order valence-corrected chi connectivity index (χ1v) is 9.49. The molecule has 1 amide bonds. The van der Waals surface area contributed by atoms with Crippen LogP contribution in [0.2, 0.25) is 0 Å². The Hall–Kier alpha value is -3.59. The van der Waals surface area contributed by atoms with Crippen LogP contribution in [0.25, 0.3) is 0 Å². The Morgan fingerprint density at radius 2 is 1.97 bits per heavy atom. The second-order valence-electron chi connectivity index (χ2n) is 6.68. The highest BCUT2D eigenvalue weighted by Crippen LogP contribution is 2.19. The molecule has 0 saturated carbocycles. The molecule has 9 nitrogen and oxygen atoms in total. The van der Waals surface area contributed by atoms with Crippen molar-refractivity contribution in [3.8, 4) is 0 Å². The lowest BCUT2D eigenvalue weighted by Crippen LogP contribution is -2.42. The van der Waals surface area contributed by atoms with Gasteiger partial charge >= 0.3 is 5.69 Å². The molecule has 2 aromatic heterocycles. The van der Waals surface area contributed by atoms with Crippen molar-refractivity contribution < 1.29 is 13.9 Å². The maximum Gasteiger partial charge on any atom is 0.330 e. The van der Waals surface area contributed by atoms with E-state index in [1.54, 1.807) is 12.1 Å². The van der Waals surface area contributed by atoms with Gasteiger partial charge in [0.1, 0.15) is 11.6 Å². The molecule has 30 heavy (non-hydrogen) atoms. The Kier molecular flexibility index (Phi) is 6.87. The summed E-state index contributed by atoms with van der Waals surface area (Å²) in [7, 11) is 1.50. The van der Waals surface area contributed by atoms with E-state index in [1.807, 2.05) is 30.3 Å². The minimum absolute atomic E-state index is 0.0629. The Labute approximate surface area is 172 Å². The highest BCUT2D eigenvalue weighted by molar-refractivity contribution is 5.95. The van der Waals surface area contributed by atoms with Crippen molar-refractivity contribution in [1.29, 1.82) is 0 Å². The summed E-state index contributed by atoms with van der Waals surface area (Å²) in [5.41, 5.74) is 5.63. The van der Waals surface area contributed by atoms with E-state index in [0.29, 0.717) is 12.2 Å². The van der Waals surface area contributed by atoms with Crippen molar-refractivity contribution in [1.82, 2.24) is 9.55 Å². The number of nitrogens with two attached hydrogens (primary N) is 1. The number of ether oxygens (including phenoxy) is 1. The van der Waals surface area contributed by atoms with Crippen LogP contribution < -0.4 is 21.9 Å². The van der Waals surface area contributed by atoms with Crippen LogP contribution >= 0.6 is 0 Å². The molecule has 0 radical (unpaired) electrons. The summed E-state index contributed by atoms with van der Waals surface area (Å²) in [5.74, 6) is 0.256. The van der Waals surface area contributed by atoms with E-state index in [9.17, 15) is 14.4 Å². The predicted octanol–water partition coefficient (Wildman–Crippen LogP) is 1.37. The van der Waals surface area contributed by atoms with E-state index in [1.165, 1.54) is 22.8 Å². The number of methoxy groups -OCH3 is 1. The number of aromatic nitrogens is 2. The third-order valence-electron chi connectivity index (χ3n) is 4.65. The van der Waals surface area contributed by atoms with Gasteiger partial charge in [0.2, 0.25) is 5.91 Å². The van der Waals surface area contributed by atoms with Crippen LogP contribution in [0, 0.1) is 0 Å². The van der Waals surface area contributed by atoms with Crippen LogP contribution in [0.3, 0.4) is 0 Å². The first-order chi connectivity index (χ1) is 14.5. The van der Waals surface area contributed by atoms with Crippen molar-refractivity contribution in [2.24, 2.45) is 0 Å². The molecule has 0 unspecified atom stereocenters. The summed E-state index contributed by atoms with van der Waals surface area (Å²) in [6.45, 7) is 0.474. The maximum atomic E-state index is 12.9. The Morgan fingerprint density at radius 3 is 2.63 bits per heavy atom. The van der Waals surface area contributed by atoms with Gasteiger partial charge in [0.15, 0.2) is 5.69 Å². The Balaban J connectivity index is 1.95. The van der Waals surface area contributed by atoms with Crippen LogP contribution in [0.1, 0.15) is 17.7 Å². The number of nitrogens with zero attached hydrogens (tertiary/aromatic N) is 2. The van der Waals surface area contributed by atoms with Gasteiger partial charge in [-0.1, -0.05) is 30.3 Å². The van der Waals surface area contributed by atoms with Gasteiger partial charge < -0.3 is 19.8 Å². The smallest absolute Gasteiger partial charge is 0.330 e. The molecule has 0 aliphatic rings. The summed E-state index contributed by atoms with van der Waals surface area (Å²) in [6.07, 6.45) is 2.01. The molecule has 2 heterocycles. The molecule has 0 spiro atoms. The number of nitrogen functional groups attached to an aromatic ring is 1. The molecule has 0 aliphatic carbocycles. The van der Waals surface area contributed by atoms with Crippen LogP contribution in [0.15, 0.2) is 62.7 Å². The highest BCUT2D eigenvalue weighted by atomic mass is 16.5. The van der Waals surface area contributed by atoms with E-state index in [-0.39, 0.29) is 43.5 Å². The lowest BCUT2D eigenvalue weighted by molar-refractivity contribution is -0.118. The summed E-state index contributed by atoms with van der Waals surface area (Å²) < 4.78 is 11.6. The van der Waals surface area contributed by atoms with Gasteiger partial charge in [-0.25, -0.2) is 4.79 Å². The number of H-pyrrole nitrogens is 1. The van der Waals surface area contributed by atoms with Crippen molar-refractivity contribution in [3.05, 3.63) is 80.9 Å². The van der Waals surface area contributed by atoms with E-state index in [4.69, 9.17) is 14.9 Å². The van der Waals surface area contributed by atoms with Crippen LogP contribution in [-0.4, -0.2) is 35.7 Å². The third kappa shape index (κ3) is 4.87. The number of hydrogen-bond acceptors (Lipinski definition) is 6. The number of benzene rings is 1. The van der Waals surface area contributed by atoms with Gasteiger partial charge in [-0.05, 0) is 17.7 Å². The lowest BCUT2D eigenvalue weighted by atomic mass is 10.2. The van der Waals surface area contributed by atoms with Crippen molar-refractivity contribution in [3.63, 3.8) is 0 Å². The Morgan fingerprint density at radius 1 is 1.20 bits per heavy atom. The number of aryl methyl sites for hydroxylation is 1. The molecule has 3 rings (SSSR count). The monoisotopic (exact) mass is 412 g/mol. The summed E-state index contributed by atoms with van der Waals surface area (Å²) in [5, 5.41) is 0. The second kappa shape index (κ2) is 9.75. The van der Waals surface area contributed by atoms with Gasteiger partial charge in [0.25, 0.3) is 5.56 Å². The molecule has 3 N–H and O–H groups in total. The van der Waals surface area contributed by atoms with Crippen molar-refractivity contribution >= 4 is 17.4 Å². The SMILES string of the molecule is COCCN(C(=O)CCc1ccco1)c1c(N)n(Cc2ccccc2)c(=O)[nH]c1=O. The number of carbonyl (C=O) groups is 1. The molecule has 0 saturated heterocycles. The van der Waals surface area contributed by atoms with Crippen LogP contribution in [-0.2, 0) is 22.5 Å². The first-order valence-electron chi connectivity index (χ1n) is 9.49. The fraction of sp³-hybridized carbons (Fsp3) is 0.286. The number of nitrogens with one attached hydrogen (secondary N) is 1. The van der Waals surface area contributed by atoms with Gasteiger partial charge in [0, 0.05) is 26.5 Å². The average molecular weight is 412 g/mol. The number of anilines is 2. The fourth-order valence-electron chi connectivity index (χ4n) is 3.12. The summed E-state index contributed by atoms with van der Waals surface area (Å²) in [4.78, 5) is 41.5. The molecule has 1 aromatic carbocycles. The molecule has 0 atom stereocenters. The first kappa shape index (κ1) is 21.1.